The number of hydrogen-bond donors (Lipinski definition) is 0. The summed E-state index contributed by atoms with van der Waals surface area (Å²) in [7, 11) is 0. The zero-order valence-corrected chi connectivity index (χ0v) is 47.9. The SMILES string of the molecule is CC(C)(C)c1cc(-c2cccc3cccc(-c4ccccc4N(c4ccccc4-c4ccc5c(c4)C(C)(c4ccccc4)c4ccccc4-5)c4ccccc4-c4cccc5c4c4ccccc4n5-c4ccccc4)c23)cc(C(C)(C)C)c1. The summed E-state index contributed by atoms with van der Waals surface area (Å²) in [5.74, 6) is 0. The molecule has 0 saturated carbocycles. The molecule has 0 aliphatic heterocycles. The Labute approximate surface area is 483 Å². The van der Waals surface area contributed by atoms with Crippen molar-refractivity contribution < 1.29 is 0 Å². The second-order valence-corrected chi connectivity index (χ2v) is 24.6. The van der Waals surface area contributed by atoms with Crippen LogP contribution in [0.2, 0.25) is 0 Å². The number of rotatable bonds is 9. The van der Waals surface area contributed by atoms with Crippen molar-refractivity contribution in [3.8, 4) is 61.3 Å². The summed E-state index contributed by atoms with van der Waals surface area (Å²) in [6.45, 7) is 16.4. The summed E-state index contributed by atoms with van der Waals surface area (Å²) >= 11 is 0. The molecule has 1 heterocycles. The van der Waals surface area contributed by atoms with Crippen LogP contribution < -0.4 is 4.90 Å². The maximum Gasteiger partial charge on any atom is 0.0547 e. The molecule has 1 unspecified atom stereocenters. The van der Waals surface area contributed by atoms with Crippen LogP contribution >= 0.6 is 0 Å². The van der Waals surface area contributed by atoms with Gasteiger partial charge in [-0.25, -0.2) is 0 Å². The van der Waals surface area contributed by atoms with Crippen LogP contribution in [-0.2, 0) is 16.2 Å². The summed E-state index contributed by atoms with van der Waals surface area (Å²) in [6, 6.07) is 102. The minimum atomic E-state index is -0.360. The molecule has 1 atom stereocenters. The fraction of sp³-hybridized carbons (Fsp3) is 0.125. The molecule has 396 valence electrons. The highest BCUT2D eigenvalue weighted by molar-refractivity contribution is 6.17. The lowest BCUT2D eigenvalue weighted by atomic mass is 9.74. The predicted octanol–water partition coefficient (Wildman–Crippen LogP) is 22.0. The molecule has 13 aromatic rings. The lowest BCUT2D eigenvalue weighted by molar-refractivity contribution is 0.569. The Kier molecular flexibility index (Phi) is 12.1. The lowest BCUT2D eigenvalue weighted by Gasteiger charge is -2.32. The number of benzene rings is 12. The Hall–Kier alpha value is -9.50. The van der Waals surface area contributed by atoms with Gasteiger partial charge in [-0.2, -0.15) is 0 Å². The summed E-state index contributed by atoms with van der Waals surface area (Å²) in [5, 5.41) is 4.88. The molecule has 2 heteroatoms. The molecule has 0 amide bonds. The maximum atomic E-state index is 2.58. The smallest absolute Gasteiger partial charge is 0.0547 e. The van der Waals surface area contributed by atoms with Crippen molar-refractivity contribution in [3.63, 3.8) is 0 Å². The Morgan fingerprint density at radius 2 is 0.805 bits per heavy atom. The summed E-state index contributed by atoms with van der Waals surface area (Å²) in [4.78, 5) is 2.58. The van der Waals surface area contributed by atoms with Gasteiger partial charge in [0.05, 0.1) is 28.1 Å². The van der Waals surface area contributed by atoms with Crippen LogP contribution in [0.25, 0.3) is 93.9 Å². The van der Waals surface area contributed by atoms with Gasteiger partial charge in [0, 0.05) is 38.6 Å². The van der Waals surface area contributed by atoms with Crippen LogP contribution in [0.3, 0.4) is 0 Å². The van der Waals surface area contributed by atoms with Crippen LogP contribution in [-0.4, -0.2) is 4.57 Å². The second-order valence-electron chi connectivity index (χ2n) is 24.6. The van der Waals surface area contributed by atoms with Gasteiger partial charge in [0.25, 0.3) is 0 Å². The molecule has 2 nitrogen and oxygen atoms in total. The average Bonchev–Trinajstić information content (AvgIpc) is 4.12. The van der Waals surface area contributed by atoms with Gasteiger partial charge in [-0.05, 0) is 144 Å². The first-order valence-corrected chi connectivity index (χ1v) is 29.0. The van der Waals surface area contributed by atoms with Crippen molar-refractivity contribution in [2.24, 2.45) is 0 Å². The second kappa shape index (κ2) is 19.6. The number of aromatic nitrogens is 1. The van der Waals surface area contributed by atoms with Gasteiger partial charge in [0.1, 0.15) is 0 Å². The van der Waals surface area contributed by atoms with Crippen LogP contribution in [0.1, 0.15) is 76.3 Å². The predicted molar refractivity (Wildman–Crippen MR) is 350 cm³/mol. The van der Waals surface area contributed by atoms with Gasteiger partial charge in [0.2, 0.25) is 0 Å². The number of hydrogen-bond acceptors (Lipinski definition) is 1. The largest absolute Gasteiger partial charge is 0.309 e. The van der Waals surface area contributed by atoms with Crippen molar-refractivity contribution >= 4 is 49.6 Å². The maximum absolute atomic E-state index is 2.58. The van der Waals surface area contributed by atoms with Gasteiger partial charge in [-0.1, -0.05) is 266 Å². The number of fused-ring (bicyclic) bond motifs is 7. The molecule has 1 aliphatic carbocycles. The van der Waals surface area contributed by atoms with Crippen LogP contribution in [0, 0.1) is 0 Å². The molecule has 14 rings (SSSR count). The minimum Gasteiger partial charge on any atom is -0.309 e. The van der Waals surface area contributed by atoms with E-state index in [-0.39, 0.29) is 16.2 Å². The van der Waals surface area contributed by atoms with Crippen molar-refractivity contribution in [1.82, 2.24) is 4.57 Å². The van der Waals surface area contributed by atoms with E-state index >= 15 is 0 Å². The molecule has 0 fully saturated rings. The van der Waals surface area contributed by atoms with E-state index in [1.54, 1.807) is 0 Å². The highest BCUT2D eigenvalue weighted by Crippen LogP contribution is 2.55. The van der Waals surface area contributed by atoms with Gasteiger partial charge in [-0.3, -0.25) is 0 Å². The fourth-order valence-electron chi connectivity index (χ4n) is 13.4. The molecule has 1 aromatic heterocycles. The highest BCUT2D eigenvalue weighted by Gasteiger charge is 2.41. The molecule has 12 aromatic carbocycles. The van der Waals surface area contributed by atoms with Gasteiger partial charge < -0.3 is 9.47 Å². The normalized spacial score (nSPS) is 14.1. The molecule has 0 bridgehead atoms. The molecular weight excluding hydrogens is 989 g/mol. The first kappa shape index (κ1) is 50.7. The van der Waals surface area contributed by atoms with Gasteiger partial charge in [0.15, 0.2) is 0 Å². The fourth-order valence-corrected chi connectivity index (χ4v) is 13.4. The van der Waals surface area contributed by atoms with E-state index in [1.165, 1.54) is 93.8 Å². The monoisotopic (exact) mass is 1050 g/mol. The zero-order valence-electron chi connectivity index (χ0n) is 47.9. The number of nitrogens with zero attached hydrogens (tertiary/aromatic N) is 2. The van der Waals surface area contributed by atoms with E-state index < -0.39 is 0 Å². The average molecular weight is 1060 g/mol. The Balaban J connectivity index is 1.05. The van der Waals surface area contributed by atoms with E-state index in [4.69, 9.17) is 0 Å². The standard InChI is InChI=1S/C80H66N2/c1-78(2,3)57-49-55(50-58(52-57)79(4,5)6)61-38-24-27-53-28-25-39-66(76(53)61)64-35-16-21-43-72(64)82(73-44-22-17-36-65(73)67-40-26-46-75-77(67)68-37-18-23-45-74(68)81(75)59-31-12-9-13-32-59)71-42-20-15-33-60(71)54-47-48-63-62-34-14-19-41-69(62)80(7,70(63)51-54)56-29-10-8-11-30-56/h8-52H,1-7H3. The first-order chi connectivity index (χ1) is 39.9. The number of anilines is 3. The number of para-hydroxylation sites is 5. The highest BCUT2D eigenvalue weighted by atomic mass is 15.2. The minimum absolute atomic E-state index is 0.0406. The van der Waals surface area contributed by atoms with Crippen LogP contribution in [0.15, 0.2) is 273 Å². The van der Waals surface area contributed by atoms with Crippen molar-refractivity contribution in [1.29, 1.82) is 0 Å². The Bertz CT molecular complexity index is 4560. The molecule has 1 aliphatic rings. The van der Waals surface area contributed by atoms with Crippen LogP contribution in [0.4, 0.5) is 17.1 Å². The van der Waals surface area contributed by atoms with E-state index in [0.29, 0.717) is 0 Å². The topological polar surface area (TPSA) is 8.17 Å². The van der Waals surface area contributed by atoms with E-state index in [9.17, 15) is 0 Å². The van der Waals surface area contributed by atoms with E-state index in [0.717, 1.165) is 45.0 Å². The first-order valence-electron chi connectivity index (χ1n) is 29.0. The summed E-state index contributed by atoms with van der Waals surface area (Å²) in [6.07, 6.45) is 0. The van der Waals surface area contributed by atoms with Gasteiger partial charge >= 0.3 is 0 Å². The van der Waals surface area contributed by atoms with Crippen molar-refractivity contribution in [2.75, 3.05) is 4.90 Å². The molecule has 0 saturated heterocycles. The lowest BCUT2D eigenvalue weighted by Crippen LogP contribution is -2.22. The quantitative estimate of drug-likeness (QED) is 0.140. The molecule has 0 N–H and O–H groups in total. The summed E-state index contributed by atoms with van der Waals surface area (Å²) < 4.78 is 2.42. The van der Waals surface area contributed by atoms with E-state index in [2.05, 4.69) is 331 Å². The summed E-state index contributed by atoms with van der Waals surface area (Å²) in [5.41, 5.74) is 24.9. The third kappa shape index (κ3) is 8.30. The third-order valence-corrected chi connectivity index (χ3v) is 17.6. The molecular formula is C80H66N2. The van der Waals surface area contributed by atoms with Crippen molar-refractivity contribution in [3.05, 3.63) is 301 Å². The van der Waals surface area contributed by atoms with Crippen LogP contribution in [0.5, 0.6) is 0 Å². The van der Waals surface area contributed by atoms with E-state index in [1.807, 2.05) is 0 Å². The van der Waals surface area contributed by atoms with Crippen molar-refractivity contribution in [2.45, 2.75) is 64.7 Å². The Morgan fingerprint density at radius 1 is 0.329 bits per heavy atom. The molecule has 0 spiro atoms. The third-order valence-electron chi connectivity index (χ3n) is 17.6. The van der Waals surface area contributed by atoms with Gasteiger partial charge in [-0.15, -0.1) is 0 Å². The molecule has 0 radical (unpaired) electrons. The molecule has 82 heavy (non-hydrogen) atoms. The Morgan fingerprint density at radius 3 is 1.45 bits per heavy atom. The zero-order chi connectivity index (χ0) is 55.9.